The largest absolute Gasteiger partial charge is 0.459 e. The molecule has 1 aromatic rings. The second kappa shape index (κ2) is 11.4. The number of hydrogen-bond acceptors (Lipinski definition) is 4. The third-order valence-electron chi connectivity index (χ3n) is 3.29. The van der Waals surface area contributed by atoms with Crippen LogP contribution in [0.25, 0.3) is 0 Å². The van der Waals surface area contributed by atoms with Crippen molar-refractivity contribution in [3.63, 3.8) is 0 Å². The normalized spacial score (nSPS) is 12.2. The van der Waals surface area contributed by atoms with Gasteiger partial charge in [-0.2, -0.15) is 0 Å². The van der Waals surface area contributed by atoms with Crippen molar-refractivity contribution in [2.24, 2.45) is 0 Å². The number of carbonyl (C=O) groups excluding carboxylic acids is 2. The predicted octanol–water partition coefficient (Wildman–Crippen LogP) is 6.01. The number of unbranched alkanes of at least 4 members (excludes halogenated alkanes) is 1. The molecule has 0 fully saturated rings. The maximum atomic E-state index is 11.8. The lowest BCUT2D eigenvalue weighted by Crippen LogP contribution is -2.17. The average Bonchev–Trinajstić information content (AvgIpc) is 2.54. The van der Waals surface area contributed by atoms with Crippen LogP contribution in [-0.2, 0) is 14.3 Å². The Morgan fingerprint density at radius 3 is 2.16 bits per heavy atom. The zero-order chi connectivity index (χ0) is 18.8. The van der Waals surface area contributed by atoms with E-state index < -0.39 is 11.9 Å². The molecule has 7 heteroatoms. The molecular weight excluding hydrogens is 387 g/mol. The lowest BCUT2D eigenvalue weighted by molar-refractivity contribution is -0.144. The van der Waals surface area contributed by atoms with Crippen molar-refractivity contribution in [1.29, 1.82) is 0 Å². The number of carbonyl (C=O) groups is 2. The van der Waals surface area contributed by atoms with Gasteiger partial charge in [0.25, 0.3) is 0 Å². The third kappa shape index (κ3) is 8.13. The second-order valence-electron chi connectivity index (χ2n) is 5.44. The molecule has 1 unspecified atom stereocenters. The molecule has 138 valence electrons. The maximum absolute atomic E-state index is 11.8. The molecule has 0 bridgehead atoms. The van der Waals surface area contributed by atoms with Crippen molar-refractivity contribution in [3.05, 3.63) is 39.4 Å². The molecule has 0 saturated carbocycles. The first-order chi connectivity index (χ1) is 11.9. The molecule has 25 heavy (non-hydrogen) atoms. The lowest BCUT2D eigenvalue weighted by atomic mass is 10.1. The van der Waals surface area contributed by atoms with Crippen LogP contribution in [0.4, 0.5) is 0 Å². The van der Waals surface area contributed by atoms with Gasteiger partial charge >= 0.3 is 11.9 Å². The number of hydrogen-bond donors (Lipinski definition) is 0. The summed E-state index contributed by atoms with van der Waals surface area (Å²) < 4.78 is 10.4. The number of esters is 2. The minimum atomic E-state index is -0.788. The van der Waals surface area contributed by atoms with Crippen LogP contribution in [0, 0.1) is 0 Å². The van der Waals surface area contributed by atoms with E-state index in [2.05, 4.69) is 6.92 Å². The quantitative estimate of drug-likeness (QED) is 0.286. The molecule has 0 saturated heterocycles. The van der Waals surface area contributed by atoms with Crippen LogP contribution in [0.3, 0.4) is 0 Å². The zero-order valence-corrected chi connectivity index (χ0v) is 16.5. The first kappa shape index (κ1) is 21.8. The van der Waals surface area contributed by atoms with E-state index >= 15 is 0 Å². The first-order valence-corrected chi connectivity index (χ1v) is 9.25. The van der Waals surface area contributed by atoms with Gasteiger partial charge in [-0.25, -0.2) is 9.59 Å². The summed E-state index contributed by atoms with van der Waals surface area (Å²) in [5.41, 5.74) is 0. The van der Waals surface area contributed by atoms with E-state index in [1.165, 1.54) is 12.1 Å². The highest BCUT2D eigenvalue weighted by Gasteiger charge is 2.14. The van der Waals surface area contributed by atoms with Gasteiger partial charge in [0, 0.05) is 17.2 Å². The van der Waals surface area contributed by atoms with Gasteiger partial charge in [0.2, 0.25) is 0 Å². The fourth-order valence-electron chi connectivity index (χ4n) is 2.12. The Morgan fingerprint density at radius 2 is 1.60 bits per heavy atom. The number of halogens is 3. The van der Waals surface area contributed by atoms with Gasteiger partial charge in [-0.05, 0) is 25.0 Å². The van der Waals surface area contributed by atoms with Gasteiger partial charge in [-0.3, -0.25) is 0 Å². The van der Waals surface area contributed by atoms with Crippen LogP contribution in [0.15, 0.2) is 24.3 Å². The van der Waals surface area contributed by atoms with Crippen LogP contribution in [0.5, 0.6) is 5.75 Å². The highest BCUT2D eigenvalue weighted by atomic mass is 35.5. The Bertz CT molecular complexity index is 606. The van der Waals surface area contributed by atoms with Gasteiger partial charge in [0.15, 0.2) is 5.75 Å². The van der Waals surface area contributed by atoms with Crippen LogP contribution >= 0.6 is 34.8 Å². The van der Waals surface area contributed by atoms with Crippen molar-refractivity contribution >= 4 is 46.7 Å². The van der Waals surface area contributed by atoms with Gasteiger partial charge in [0.05, 0.1) is 10.0 Å². The molecule has 0 aliphatic rings. The predicted molar refractivity (Wildman–Crippen MR) is 101 cm³/mol. The van der Waals surface area contributed by atoms with E-state index in [1.54, 1.807) is 0 Å². The zero-order valence-electron chi connectivity index (χ0n) is 14.2. The molecule has 0 radical (unpaired) electrons. The summed E-state index contributed by atoms with van der Waals surface area (Å²) in [6, 6.07) is 2.80. The summed E-state index contributed by atoms with van der Waals surface area (Å²) in [4.78, 5) is 23.7. The first-order valence-electron chi connectivity index (χ1n) is 8.12. The molecule has 1 aromatic carbocycles. The standard InChI is InChI=1S/C18H21Cl3O4/c1-3-5-7-13(6-4-2)24-16(22)8-9-17(23)25-18-14(20)10-12(19)11-15(18)21/h8-11,13H,3-7H2,1-2H3/b9-8+. The molecule has 0 spiro atoms. The smallest absolute Gasteiger partial charge is 0.336 e. The van der Waals surface area contributed by atoms with Gasteiger partial charge in [-0.1, -0.05) is 67.9 Å². The third-order valence-corrected chi connectivity index (χ3v) is 4.07. The molecule has 0 aromatic heterocycles. The van der Waals surface area contributed by atoms with Crippen LogP contribution in [-0.4, -0.2) is 18.0 Å². The average molecular weight is 408 g/mol. The van der Waals surface area contributed by atoms with Crippen molar-refractivity contribution in [1.82, 2.24) is 0 Å². The second-order valence-corrected chi connectivity index (χ2v) is 6.69. The van der Waals surface area contributed by atoms with Crippen LogP contribution in [0.2, 0.25) is 15.1 Å². The molecular formula is C18H21Cl3O4. The van der Waals surface area contributed by atoms with Crippen molar-refractivity contribution < 1.29 is 19.1 Å². The highest BCUT2D eigenvalue weighted by Crippen LogP contribution is 2.35. The maximum Gasteiger partial charge on any atom is 0.336 e. The van der Waals surface area contributed by atoms with Crippen molar-refractivity contribution in [2.75, 3.05) is 0 Å². The Kier molecular flexibility index (Phi) is 9.94. The molecule has 0 heterocycles. The Hall–Kier alpha value is -1.23. The summed E-state index contributed by atoms with van der Waals surface area (Å²) in [5.74, 6) is -1.38. The summed E-state index contributed by atoms with van der Waals surface area (Å²) in [7, 11) is 0. The molecule has 1 rings (SSSR count). The highest BCUT2D eigenvalue weighted by molar-refractivity contribution is 6.40. The summed E-state index contributed by atoms with van der Waals surface area (Å²) >= 11 is 17.7. The van der Waals surface area contributed by atoms with E-state index in [-0.39, 0.29) is 21.9 Å². The Balaban J connectivity index is 2.62. The molecule has 4 nitrogen and oxygen atoms in total. The molecule has 1 atom stereocenters. The van der Waals surface area contributed by atoms with Crippen LogP contribution in [0.1, 0.15) is 46.0 Å². The summed E-state index contributed by atoms with van der Waals surface area (Å²) in [6.07, 6.45) is 6.41. The molecule has 0 N–H and O–H groups in total. The summed E-state index contributed by atoms with van der Waals surface area (Å²) in [6.45, 7) is 4.10. The summed E-state index contributed by atoms with van der Waals surface area (Å²) in [5, 5.41) is 0.525. The van der Waals surface area contributed by atoms with Gasteiger partial charge < -0.3 is 9.47 Å². The van der Waals surface area contributed by atoms with Crippen molar-refractivity contribution in [3.8, 4) is 5.75 Å². The fourth-order valence-corrected chi connectivity index (χ4v) is 3.01. The van der Waals surface area contributed by atoms with E-state index in [0.717, 1.165) is 44.3 Å². The van der Waals surface area contributed by atoms with E-state index in [0.29, 0.717) is 5.02 Å². The van der Waals surface area contributed by atoms with E-state index in [1.807, 2.05) is 6.92 Å². The Labute approximate surface area is 163 Å². The topological polar surface area (TPSA) is 52.6 Å². The van der Waals surface area contributed by atoms with Crippen LogP contribution < -0.4 is 4.74 Å². The molecule has 0 amide bonds. The molecule has 0 aliphatic heterocycles. The molecule has 0 aliphatic carbocycles. The number of rotatable bonds is 9. The number of ether oxygens (including phenoxy) is 2. The fraction of sp³-hybridized carbons (Fsp3) is 0.444. The number of benzene rings is 1. The van der Waals surface area contributed by atoms with Crippen molar-refractivity contribution in [2.45, 2.75) is 52.1 Å². The van der Waals surface area contributed by atoms with E-state index in [9.17, 15) is 9.59 Å². The minimum absolute atomic E-state index is 0.0115. The minimum Gasteiger partial charge on any atom is -0.459 e. The van der Waals surface area contributed by atoms with Gasteiger partial charge in [0.1, 0.15) is 6.10 Å². The monoisotopic (exact) mass is 406 g/mol. The van der Waals surface area contributed by atoms with E-state index in [4.69, 9.17) is 44.3 Å². The SMILES string of the molecule is CCCCC(CCC)OC(=O)/C=C/C(=O)Oc1c(Cl)cc(Cl)cc1Cl. The Morgan fingerprint density at radius 1 is 1.00 bits per heavy atom. The lowest BCUT2D eigenvalue weighted by Gasteiger charge is -2.15. The van der Waals surface area contributed by atoms with Gasteiger partial charge in [-0.15, -0.1) is 0 Å².